The minimum Gasteiger partial charge on any atom is -0.462 e. The van der Waals surface area contributed by atoms with Crippen LogP contribution in [0.15, 0.2) is 11.6 Å². The number of esters is 2. The number of carbonyl (C=O) groups excluding carboxylic acids is 2. The fourth-order valence-electron chi connectivity index (χ4n) is 10.4. The lowest BCUT2D eigenvalue weighted by atomic mass is 9.44. The summed E-state index contributed by atoms with van der Waals surface area (Å²) in [7, 11) is 0. The highest BCUT2D eigenvalue weighted by atomic mass is 16.5. The van der Waals surface area contributed by atoms with E-state index in [1.54, 1.807) is 6.08 Å². The molecule has 39 heavy (non-hydrogen) atoms. The van der Waals surface area contributed by atoms with Crippen molar-refractivity contribution in [1.29, 1.82) is 0 Å². The Morgan fingerprint density at radius 3 is 2.56 bits per heavy atom. The van der Waals surface area contributed by atoms with Crippen LogP contribution in [-0.4, -0.2) is 62.4 Å². The van der Waals surface area contributed by atoms with Gasteiger partial charge in [0.05, 0.1) is 13.2 Å². The van der Waals surface area contributed by atoms with Crippen LogP contribution in [0, 0.1) is 40.4 Å². The highest BCUT2D eigenvalue weighted by Gasteiger charge is 2.60. The van der Waals surface area contributed by atoms with E-state index in [9.17, 15) is 9.59 Å². The number of hydrogen-bond acceptors (Lipinski definition) is 6. The number of unbranched alkanes of at least 4 members (excludes halogenated alkanes) is 2. The second-order valence-electron chi connectivity index (χ2n) is 14.3. The van der Waals surface area contributed by atoms with Gasteiger partial charge in [-0.25, -0.2) is 4.79 Å². The first kappa shape index (κ1) is 27.8. The van der Waals surface area contributed by atoms with Crippen molar-refractivity contribution in [3.05, 3.63) is 11.6 Å². The standard InChI is InChI=1S/C33H51NO5/c1-32-13-11-25(39-30(35)6-4-3-5-15-34-16-18-37-19-17-34)21-24(32)7-8-26-28-10-9-27(23-20-31(36)38-22-23)33(28,2)14-12-29(26)32/h20,24-29H,3-19,21-22H2,1-2H3/t24-,25+,26+,27-,28+,29+,32+,33-/m1/s1. The van der Waals surface area contributed by atoms with Crippen molar-refractivity contribution in [2.24, 2.45) is 40.4 Å². The van der Waals surface area contributed by atoms with Crippen molar-refractivity contribution >= 4 is 11.9 Å². The molecule has 5 fully saturated rings. The van der Waals surface area contributed by atoms with Crippen LogP contribution in [-0.2, 0) is 23.8 Å². The highest BCUT2D eigenvalue weighted by Crippen LogP contribution is 2.68. The molecule has 6 nitrogen and oxygen atoms in total. The third kappa shape index (κ3) is 5.46. The van der Waals surface area contributed by atoms with Gasteiger partial charge in [-0.1, -0.05) is 20.3 Å². The van der Waals surface area contributed by atoms with Crippen molar-refractivity contribution in [2.75, 3.05) is 39.5 Å². The summed E-state index contributed by atoms with van der Waals surface area (Å²) in [6.07, 6.45) is 16.7. The lowest BCUT2D eigenvalue weighted by molar-refractivity contribution is -0.162. The second kappa shape index (κ2) is 11.5. The van der Waals surface area contributed by atoms with Crippen LogP contribution in [0.4, 0.5) is 0 Å². The molecule has 8 atom stereocenters. The number of nitrogens with zero attached hydrogens (tertiary/aromatic N) is 1. The Morgan fingerprint density at radius 2 is 1.77 bits per heavy atom. The van der Waals surface area contributed by atoms with E-state index < -0.39 is 0 Å². The molecule has 0 unspecified atom stereocenters. The summed E-state index contributed by atoms with van der Waals surface area (Å²) < 4.78 is 16.8. The molecule has 0 bridgehead atoms. The van der Waals surface area contributed by atoms with Crippen LogP contribution in [0.1, 0.15) is 97.3 Å². The molecule has 4 aliphatic carbocycles. The lowest BCUT2D eigenvalue weighted by Crippen LogP contribution is -2.54. The molecule has 6 aliphatic rings. The molecule has 218 valence electrons. The van der Waals surface area contributed by atoms with Gasteiger partial charge in [-0.05, 0) is 123 Å². The molecule has 0 aromatic carbocycles. The van der Waals surface area contributed by atoms with Gasteiger partial charge < -0.3 is 14.2 Å². The largest absolute Gasteiger partial charge is 0.462 e. The molecule has 1 saturated heterocycles. The third-order valence-electron chi connectivity index (χ3n) is 12.5. The number of cyclic esters (lactones) is 1. The van der Waals surface area contributed by atoms with Crippen molar-refractivity contribution in [2.45, 2.75) is 103 Å². The van der Waals surface area contributed by atoms with E-state index in [1.807, 2.05) is 0 Å². The monoisotopic (exact) mass is 541 g/mol. The first-order valence-electron chi connectivity index (χ1n) is 16.2. The van der Waals surface area contributed by atoms with E-state index in [4.69, 9.17) is 14.2 Å². The van der Waals surface area contributed by atoms with Crippen molar-refractivity contribution < 1.29 is 23.8 Å². The smallest absolute Gasteiger partial charge is 0.331 e. The maximum absolute atomic E-state index is 12.7. The van der Waals surface area contributed by atoms with Gasteiger partial charge in [0.1, 0.15) is 12.7 Å². The molecule has 6 heteroatoms. The summed E-state index contributed by atoms with van der Waals surface area (Å²) in [6.45, 7) is 10.6. The van der Waals surface area contributed by atoms with Crippen LogP contribution in [0.5, 0.6) is 0 Å². The number of hydrogen-bond donors (Lipinski definition) is 0. The van der Waals surface area contributed by atoms with Crippen LogP contribution < -0.4 is 0 Å². The number of carbonyl (C=O) groups is 2. The average molecular weight is 542 g/mol. The van der Waals surface area contributed by atoms with Crippen LogP contribution in [0.2, 0.25) is 0 Å². The van der Waals surface area contributed by atoms with E-state index in [0.717, 1.165) is 82.7 Å². The normalized spacial score (nSPS) is 42.2. The lowest BCUT2D eigenvalue weighted by Gasteiger charge is -2.61. The molecule has 0 spiro atoms. The summed E-state index contributed by atoms with van der Waals surface area (Å²) in [5, 5.41) is 0. The topological polar surface area (TPSA) is 65.1 Å². The van der Waals surface area contributed by atoms with Crippen LogP contribution >= 0.6 is 0 Å². The predicted octanol–water partition coefficient (Wildman–Crippen LogP) is 5.93. The molecule has 0 N–H and O–H groups in total. The Labute approximate surface area is 235 Å². The Balaban J connectivity index is 0.980. The number of fused-ring (bicyclic) bond motifs is 5. The fourth-order valence-corrected chi connectivity index (χ4v) is 10.4. The van der Waals surface area contributed by atoms with Gasteiger partial charge >= 0.3 is 11.9 Å². The first-order valence-corrected chi connectivity index (χ1v) is 16.2. The molecule has 0 aromatic rings. The van der Waals surface area contributed by atoms with Gasteiger partial charge in [-0.3, -0.25) is 9.69 Å². The summed E-state index contributed by atoms with van der Waals surface area (Å²) >= 11 is 0. The quantitative estimate of drug-likeness (QED) is 0.280. The molecule has 6 rings (SSSR count). The predicted molar refractivity (Wildman–Crippen MR) is 150 cm³/mol. The van der Waals surface area contributed by atoms with E-state index in [-0.39, 0.29) is 18.0 Å². The average Bonchev–Trinajstić information content (AvgIpc) is 3.51. The van der Waals surface area contributed by atoms with E-state index in [1.165, 1.54) is 50.5 Å². The maximum atomic E-state index is 12.7. The first-order chi connectivity index (χ1) is 18.9. The van der Waals surface area contributed by atoms with Gasteiger partial charge in [-0.15, -0.1) is 0 Å². The molecule has 2 aliphatic heterocycles. The minimum absolute atomic E-state index is 0.0257. The molecular formula is C33H51NO5. The van der Waals surface area contributed by atoms with Gasteiger partial charge in [-0.2, -0.15) is 0 Å². The Bertz CT molecular complexity index is 942. The zero-order valence-corrected chi connectivity index (χ0v) is 24.5. The summed E-state index contributed by atoms with van der Waals surface area (Å²) in [4.78, 5) is 26.9. The molecule has 0 radical (unpaired) electrons. The van der Waals surface area contributed by atoms with Gasteiger partial charge in [0.2, 0.25) is 0 Å². The van der Waals surface area contributed by atoms with Crippen molar-refractivity contribution in [3.63, 3.8) is 0 Å². The molecule has 0 amide bonds. The highest BCUT2D eigenvalue weighted by molar-refractivity contribution is 5.85. The third-order valence-corrected chi connectivity index (χ3v) is 12.5. The molecule has 0 aromatic heterocycles. The van der Waals surface area contributed by atoms with Crippen molar-refractivity contribution in [3.8, 4) is 0 Å². The number of rotatable bonds is 8. The SMILES string of the molecule is C[C@]12CC[C@H](OC(=O)CCCCCN3CCOCC3)C[C@H]1CC[C@@H]1[C@@H]2CC[C@]2(C)[C@@H](C3=CC(=O)OC3)CC[C@@H]12. The van der Waals surface area contributed by atoms with E-state index >= 15 is 0 Å². The summed E-state index contributed by atoms with van der Waals surface area (Å²) in [5.74, 6) is 3.47. The minimum atomic E-state index is -0.139. The number of morpholine rings is 1. The number of ether oxygens (including phenoxy) is 3. The zero-order valence-electron chi connectivity index (χ0n) is 24.5. The second-order valence-corrected chi connectivity index (χ2v) is 14.3. The molecule has 2 heterocycles. The fraction of sp³-hybridized carbons (Fsp3) is 0.879. The molecular weight excluding hydrogens is 490 g/mol. The van der Waals surface area contributed by atoms with Crippen molar-refractivity contribution in [1.82, 2.24) is 4.90 Å². The summed E-state index contributed by atoms with van der Waals surface area (Å²) in [5.41, 5.74) is 1.97. The van der Waals surface area contributed by atoms with Gasteiger partial charge in [0, 0.05) is 25.6 Å². The van der Waals surface area contributed by atoms with E-state index in [0.29, 0.717) is 35.7 Å². The van der Waals surface area contributed by atoms with E-state index in [2.05, 4.69) is 18.7 Å². The Hall–Kier alpha value is -1.40. The molecule has 4 saturated carbocycles. The maximum Gasteiger partial charge on any atom is 0.331 e. The van der Waals surface area contributed by atoms with Gasteiger partial charge in [0.25, 0.3) is 0 Å². The Morgan fingerprint density at radius 1 is 0.974 bits per heavy atom. The van der Waals surface area contributed by atoms with Gasteiger partial charge in [0.15, 0.2) is 0 Å². The van der Waals surface area contributed by atoms with Crippen LogP contribution in [0.25, 0.3) is 0 Å². The summed E-state index contributed by atoms with van der Waals surface area (Å²) in [6, 6.07) is 0. The zero-order chi connectivity index (χ0) is 27.0. The van der Waals surface area contributed by atoms with Crippen LogP contribution in [0.3, 0.4) is 0 Å². The Kier molecular flexibility index (Phi) is 8.16.